The molecule has 0 aromatic heterocycles. The number of carbonyl (C=O) groups is 1. The summed E-state index contributed by atoms with van der Waals surface area (Å²) in [4.78, 5) is 11.0. The highest BCUT2D eigenvalue weighted by atomic mass is 127. The summed E-state index contributed by atoms with van der Waals surface area (Å²) in [7, 11) is 0. The number of halogens is 1. The van der Waals surface area contributed by atoms with Gasteiger partial charge in [-0.05, 0) is 77.8 Å². The molecule has 2 aliphatic carbocycles. The number of rotatable bonds is 5. The van der Waals surface area contributed by atoms with Gasteiger partial charge in [-0.2, -0.15) is 0 Å². The Morgan fingerprint density at radius 1 is 1.29 bits per heavy atom. The van der Waals surface area contributed by atoms with Crippen LogP contribution in [0.5, 0.6) is 5.75 Å². The van der Waals surface area contributed by atoms with Gasteiger partial charge in [0.1, 0.15) is 12.0 Å². The molecule has 2 aliphatic rings. The highest BCUT2D eigenvalue weighted by molar-refractivity contribution is 14.1. The normalized spacial score (nSPS) is 19.1. The predicted molar refractivity (Wildman–Crippen MR) is 74.7 cm³/mol. The molecule has 0 amide bonds. The Morgan fingerprint density at radius 3 is 2.65 bits per heavy atom. The fraction of sp³-hybridized carbons (Fsp3) is 0.500. The van der Waals surface area contributed by atoms with Crippen molar-refractivity contribution in [2.75, 3.05) is 6.61 Å². The van der Waals surface area contributed by atoms with E-state index in [4.69, 9.17) is 4.74 Å². The highest BCUT2D eigenvalue weighted by Gasteiger charge is 2.28. The molecule has 0 aliphatic heterocycles. The van der Waals surface area contributed by atoms with E-state index in [1.807, 2.05) is 12.1 Å². The molecule has 0 atom stereocenters. The summed E-state index contributed by atoms with van der Waals surface area (Å²) in [5.41, 5.74) is 2.05. The smallest absolute Gasteiger partial charge is 0.150 e. The van der Waals surface area contributed by atoms with Gasteiger partial charge in [-0.25, -0.2) is 0 Å². The Bertz CT molecular complexity index is 448. The van der Waals surface area contributed by atoms with E-state index in [0.717, 1.165) is 30.1 Å². The van der Waals surface area contributed by atoms with Gasteiger partial charge in [0.2, 0.25) is 0 Å². The standard InChI is InChI=1S/C14H15IO2/c15-14-12(11-3-4-11)5-10(7-16)6-13(14)17-8-9-1-2-9/h5-7,9,11H,1-4,8H2. The van der Waals surface area contributed by atoms with Crippen molar-refractivity contribution in [3.05, 3.63) is 26.8 Å². The van der Waals surface area contributed by atoms with Gasteiger partial charge >= 0.3 is 0 Å². The minimum absolute atomic E-state index is 0.657. The van der Waals surface area contributed by atoms with Crippen LogP contribution < -0.4 is 4.74 Å². The van der Waals surface area contributed by atoms with Crippen LogP contribution in [0.15, 0.2) is 12.1 Å². The van der Waals surface area contributed by atoms with Crippen LogP contribution in [-0.4, -0.2) is 12.9 Å². The first-order valence-electron chi connectivity index (χ1n) is 6.19. The summed E-state index contributed by atoms with van der Waals surface area (Å²) in [5.74, 6) is 2.31. The summed E-state index contributed by atoms with van der Waals surface area (Å²) in [6, 6.07) is 3.90. The second-order valence-corrected chi connectivity index (χ2v) is 6.15. The quantitative estimate of drug-likeness (QED) is 0.602. The van der Waals surface area contributed by atoms with Crippen LogP contribution in [-0.2, 0) is 0 Å². The van der Waals surface area contributed by atoms with Gasteiger partial charge in [0, 0.05) is 5.56 Å². The van der Waals surface area contributed by atoms with E-state index >= 15 is 0 Å². The predicted octanol–water partition coefficient (Wildman–Crippen LogP) is 3.77. The van der Waals surface area contributed by atoms with Crippen LogP contribution in [0.3, 0.4) is 0 Å². The topological polar surface area (TPSA) is 26.3 Å². The highest BCUT2D eigenvalue weighted by Crippen LogP contribution is 2.44. The van der Waals surface area contributed by atoms with Crippen molar-refractivity contribution in [1.29, 1.82) is 0 Å². The van der Waals surface area contributed by atoms with Gasteiger partial charge < -0.3 is 4.74 Å². The molecule has 0 unspecified atom stereocenters. The Labute approximate surface area is 115 Å². The first-order chi connectivity index (χ1) is 8.28. The van der Waals surface area contributed by atoms with Crippen LogP contribution in [0, 0.1) is 9.49 Å². The summed E-state index contributed by atoms with van der Waals surface area (Å²) in [6.45, 7) is 0.808. The maximum Gasteiger partial charge on any atom is 0.150 e. The average molecular weight is 342 g/mol. The first-order valence-corrected chi connectivity index (χ1v) is 7.27. The summed E-state index contributed by atoms with van der Waals surface area (Å²) in [6.07, 6.45) is 6.01. The van der Waals surface area contributed by atoms with Crippen LogP contribution in [0.1, 0.15) is 47.5 Å². The zero-order valence-corrected chi connectivity index (χ0v) is 11.8. The lowest BCUT2D eigenvalue weighted by Crippen LogP contribution is -2.03. The zero-order chi connectivity index (χ0) is 11.8. The van der Waals surface area contributed by atoms with E-state index < -0.39 is 0 Å². The molecule has 3 heteroatoms. The van der Waals surface area contributed by atoms with Crippen molar-refractivity contribution < 1.29 is 9.53 Å². The lowest BCUT2D eigenvalue weighted by molar-refractivity contribution is 0.112. The molecule has 2 fully saturated rings. The number of benzene rings is 1. The lowest BCUT2D eigenvalue weighted by Gasteiger charge is -2.12. The van der Waals surface area contributed by atoms with Gasteiger partial charge in [-0.15, -0.1) is 0 Å². The number of hydrogen-bond acceptors (Lipinski definition) is 2. The minimum atomic E-state index is 0.657. The first kappa shape index (κ1) is 11.5. The SMILES string of the molecule is O=Cc1cc(OCC2CC2)c(I)c(C2CC2)c1. The second kappa shape index (κ2) is 4.59. The molecular formula is C14H15IO2. The second-order valence-electron chi connectivity index (χ2n) is 5.07. The number of hydrogen-bond donors (Lipinski definition) is 0. The zero-order valence-electron chi connectivity index (χ0n) is 9.62. The summed E-state index contributed by atoms with van der Waals surface area (Å²) < 4.78 is 7.06. The molecule has 3 rings (SSSR count). The fourth-order valence-electron chi connectivity index (χ4n) is 2.00. The van der Waals surface area contributed by atoms with Gasteiger partial charge in [-0.3, -0.25) is 4.79 Å². The van der Waals surface area contributed by atoms with E-state index in [0.29, 0.717) is 5.92 Å². The number of aldehydes is 1. The third kappa shape index (κ3) is 2.64. The van der Waals surface area contributed by atoms with E-state index in [2.05, 4.69) is 22.6 Å². The maximum atomic E-state index is 11.0. The van der Waals surface area contributed by atoms with Crippen LogP contribution in [0.4, 0.5) is 0 Å². The molecule has 2 saturated carbocycles. The van der Waals surface area contributed by atoms with Crippen LogP contribution in [0.2, 0.25) is 0 Å². The molecule has 90 valence electrons. The Kier molecular flexibility index (Phi) is 3.11. The van der Waals surface area contributed by atoms with E-state index in [9.17, 15) is 4.79 Å². The molecule has 0 N–H and O–H groups in total. The van der Waals surface area contributed by atoms with Gasteiger partial charge in [0.05, 0.1) is 10.2 Å². The van der Waals surface area contributed by atoms with Crippen molar-refractivity contribution in [3.63, 3.8) is 0 Å². The molecule has 2 nitrogen and oxygen atoms in total. The molecule has 1 aromatic rings. The van der Waals surface area contributed by atoms with Crippen molar-refractivity contribution in [3.8, 4) is 5.75 Å². The van der Waals surface area contributed by atoms with E-state index in [1.54, 1.807) is 0 Å². The van der Waals surface area contributed by atoms with E-state index in [1.165, 1.54) is 34.8 Å². The van der Waals surface area contributed by atoms with Gasteiger partial charge in [0.25, 0.3) is 0 Å². The van der Waals surface area contributed by atoms with E-state index in [-0.39, 0.29) is 0 Å². The monoisotopic (exact) mass is 342 g/mol. The minimum Gasteiger partial charge on any atom is -0.492 e. The molecule has 1 aromatic carbocycles. The average Bonchev–Trinajstić information content (AvgIpc) is 3.19. The third-order valence-corrected chi connectivity index (χ3v) is 4.57. The molecule has 17 heavy (non-hydrogen) atoms. The van der Waals surface area contributed by atoms with Gasteiger partial charge in [-0.1, -0.05) is 0 Å². The molecule has 0 bridgehead atoms. The van der Waals surface area contributed by atoms with Crippen LogP contribution >= 0.6 is 22.6 Å². The Morgan fingerprint density at radius 2 is 2.06 bits per heavy atom. The van der Waals surface area contributed by atoms with Crippen molar-refractivity contribution in [1.82, 2.24) is 0 Å². The van der Waals surface area contributed by atoms with Crippen molar-refractivity contribution >= 4 is 28.9 Å². The number of carbonyl (C=O) groups excluding carboxylic acids is 1. The number of ether oxygens (including phenoxy) is 1. The van der Waals surface area contributed by atoms with Crippen molar-refractivity contribution in [2.24, 2.45) is 5.92 Å². The summed E-state index contributed by atoms with van der Waals surface area (Å²) in [5, 5.41) is 0. The lowest BCUT2D eigenvalue weighted by atomic mass is 10.1. The molecular weight excluding hydrogens is 327 g/mol. The largest absolute Gasteiger partial charge is 0.492 e. The van der Waals surface area contributed by atoms with Crippen LogP contribution in [0.25, 0.3) is 0 Å². The molecule has 0 saturated heterocycles. The maximum absolute atomic E-state index is 11.0. The fourth-order valence-corrected chi connectivity index (χ4v) is 2.91. The molecule has 0 radical (unpaired) electrons. The third-order valence-electron chi connectivity index (χ3n) is 3.41. The molecule has 0 spiro atoms. The summed E-state index contributed by atoms with van der Waals surface area (Å²) >= 11 is 2.36. The van der Waals surface area contributed by atoms with Crippen molar-refractivity contribution in [2.45, 2.75) is 31.6 Å². The van der Waals surface area contributed by atoms with Gasteiger partial charge in [0.15, 0.2) is 0 Å². The molecule has 0 heterocycles. The Hall–Kier alpha value is -0.580. The Balaban J connectivity index is 1.87.